The molecule has 0 aliphatic carbocycles. The summed E-state index contributed by atoms with van der Waals surface area (Å²) in [5.41, 5.74) is 0. The highest BCUT2D eigenvalue weighted by Gasteiger charge is 2.29. The van der Waals surface area contributed by atoms with Crippen LogP contribution in [-0.2, 0) is 4.79 Å². The van der Waals surface area contributed by atoms with Crippen molar-refractivity contribution in [2.75, 3.05) is 19.6 Å². The van der Waals surface area contributed by atoms with Crippen LogP contribution in [0.5, 0.6) is 0 Å². The number of hydrogen-bond donors (Lipinski definition) is 3. The van der Waals surface area contributed by atoms with Gasteiger partial charge in [0.2, 0.25) is 5.91 Å². The average Bonchev–Trinajstić information content (AvgIpc) is 2.60. The molecule has 1 saturated heterocycles. The van der Waals surface area contributed by atoms with Gasteiger partial charge in [0.15, 0.2) is 0 Å². The molecular weight excluding hydrogens is 192 g/mol. The Bertz CT molecular complexity index is 219. The molecule has 1 aliphatic rings. The van der Waals surface area contributed by atoms with Crippen molar-refractivity contribution in [3.05, 3.63) is 0 Å². The lowest BCUT2D eigenvalue weighted by atomic mass is 9.97. The molecule has 4 heteroatoms. The largest absolute Gasteiger partial charge is 0.391 e. The van der Waals surface area contributed by atoms with E-state index in [1.54, 1.807) is 0 Å². The predicted octanol–water partition coefficient (Wildman–Crippen LogP) is -0.0250. The van der Waals surface area contributed by atoms with Gasteiger partial charge >= 0.3 is 0 Å². The third-order valence-electron chi connectivity index (χ3n) is 3.11. The minimum Gasteiger partial charge on any atom is -0.391 e. The van der Waals surface area contributed by atoms with Gasteiger partial charge < -0.3 is 15.7 Å². The Labute approximate surface area is 91.4 Å². The van der Waals surface area contributed by atoms with Gasteiger partial charge in [-0.1, -0.05) is 20.8 Å². The fraction of sp³-hybridized carbons (Fsp3) is 0.909. The van der Waals surface area contributed by atoms with Crippen LogP contribution in [-0.4, -0.2) is 36.8 Å². The second-order valence-electron chi connectivity index (χ2n) is 4.80. The first-order valence-corrected chi connectivity index (χ1v) is 5.69. The molecule has 0 aromatic heterocycles. The molecule has 0 spiro atoms. The standard InChI is InChI=1S/C11H22N2O2/c1-7(2)10(14)6-13-11(15)9-5-12-4-8(9)3/h7-10,12,14H,4-6H2,1-3H3,(H,13,15)/t8-,9-,10?/m1/s1. The number of nitrogens with one attached hydrogen (secondary N) is 2. The topological polar surface area (TPSA) is 61.4 Å². The maximum Gasteiger partial charge on any atom is 0.224 e. The van der Waals surface area contributed by atoms with E-state index >= 15 is 0 Å². The molecule has 0 radical (unpaired) electrons. The zero-order valence-corrected chi connectivity index (χ0v) is 9.79. The molecule has 1 fully saturated rings. The van der Waals surface area contributed by atoms with Gasteiger partial charge in [-0.15, -0.1) is 0 Å². The number of amides is 1. The molecule has 0 aromatic rings. The molecule has 0 bridgehead atoms. The van der Waals surface area contributed by atoms with E-state index in [1.807, 2.05) is 13.8 Å². The minimum atomic E-state index is -0.446. The van der Waals surface area contributed by atoms with E-state index < -0.39 is 6.10 Å². The van der Waals surface area contributed by atoms with E-state index in [2.05, 4.69) is 17.6 Å². The molecule has 1 aliphatic heterocycles. The fourth-order valence-electron chi connectivity index (χ4n) is 1.73. The van der Waals surface area contributed by atoms with Crippen molar-refractivity contribution in [1.29, 1.82) is 0 Å². The van der Waals surface area contributed by atoms with Gasteiger partial charge in [0.25, 0.3) is 0 Å². The Morgan fingerprint density at radius 2 is 2.20 bits per heavy atom. The van der Waals surface area contributed by atoms with Crippen molar-refractivity contribution in [2.24, 2.45) is 17.8 Å². The Morgan fingerprint density at radius 3 is 2.67 bits per heavy atom. The fourth-order valence-corrected chi connectivity index (χ4v) is 1.73. The summed E-state index contributed by atoms with van der Waals surface area (Å²) < 4.78 is 0. The van der Waals surface area contributed by atoms with Crippen molar-refractivity contribution < 1.29 is 9.90 Å². The van der Waals surface area contributed by atoms with E-state index in [0.29, 0.717) is 12.5 Å². The van der Waals surface area contributed by atoms with Crippen LogP contribution < -0.4 is 10.6 Å². The number of aliphatic hydroxyl groups is 1. The quantitative estimate of drug-likeness (QED) is 0.616. The summed E-state index contributed by atoms with van der Waals surface area (Å²) in [7, 11) is 0. The zero-order chi connectivity index (χ0) is 11.4. The summed E-state index contributed by atoms with van der Waals surface area (Å²) in [5.74, 6) is 0.696. The second kappa shape index (κ2) is 5.47. The van der Waals surface area contributed by atoms with Gasteiger partial charge in [-0.25, -0.2) is 0 Å². The summed E-state index contributed by atoms with van der Waals surface area (Å²) in [5, 5.41) is 15.6. The number of carbonyl (C=O) groups is 1. The molecule has 3 N–H and O–H groups in total. The van der Waals surface area contributed by atoms with Crippen molar-refractivity contribution in [1.82, 2.24) is 10.6 Å². The van der Waals surface area contributed by atoms with Gasteiger partial charge in [-0.05, 0) is 18.4 Å². The maximum absolute atomic E-state index is 11.7. The molecule has 1 rings (SSSR count). The third-order valence-corrected chi connectivity index (χ3v) is 3.11. The third kappa shape index (κ3) is 3.47. The average molecular weight is 214 g/mol. The van der Waals surface area contributed by atoms with E-state index in [0.717, 1.165) is 13.1 Å². The highest BCUT2D eigenvalue weighted by molar-refractivity contribution is 5.79. The first-order valence-electron chi connectivity index (χ1n) is 5.69. The molecule has 0 aromatic carbocycles. The van der Waals surface area contributed by atoms with Gasteiger partial charge in [-0.2, -0.15) is 0 Å². The van der Waals surface area contributed by atoms with Crippen LogP contribution in [0.1, 0.15) is 20.8 Å². The van der Waals surface area contributed by atoms with Crippen LogP contribution in [0.25, 0.3) is 0 Å². The van der Waals surface area contributed by atoms with Gasteiger partial charge in [0, 0.05) is 13.1 Å². The van der Waals surface area contributed by atoms with Crippen LogP contribution in [0.3, 0.4) is 0 Å². The normalized spacial score (nSPS) is 28.1. The lowest BCUT2D eigenvalue weighted by Crippen LogP contribution is -2.40. The summed E-state index contributed by atoms with van der Waals surface area (Å²) >= 11 is 0. The van der Waals surface area contributed by atoms with Crippen molar-refractivity contribution >= 4 is 5.91 Å². The smallest absolute Gasteiger partial charge is 0.224 e. The van der Waals surface area contributed by atoms with E-state index in [1.165, 1.54) is 0 Å². The molecule has 1 heterocycles. The number of carbonyl (C=O) groups excluding carboxylic acids is 1. The van der Waals surface area contributed by atoms with Gasteiger partial charge in [-0.3, -0.25) is 4.79 Å². The molecular formula is C11H22N2O2. The molecule has 1 amide bonds. The molecule has 0 saturated carbocycles. The van der Waals surface area contributed by atoms with E-state index in [9.17, 15) is 9.90 Å². The second-order valence-corrected chi connectivity index (χ2v) is 4.80. The number of rotatable bonds is 4. The number of hydrogen-bond acceptors (Lipinski definition) is 3. The molecule has 88 valence electrons. The molecule has 4 nitrogen and oxygen atoms in total. The highest BCUT2D eigenvalue weighted by atomic mass is 16.3. The number of aliphatic hydroxyl groups excluding tert-OH is 1. The zero-order valence-electron chi connectivity index (χ0n) is 9.79. The van der Waals surface area contributed by atoms with Crippen molar-refractivity contribution in [2.45, 2.75) is 26.9 Å². The monoisotopic (exact) mass is 214 g/mol. The maximum atomic E-state index is 11.7. The first kappa shape index (κ1) is 12.5. The predicted molar refractivity (Wildman–Crippen MR) is 59.4 cm³/mol. The Kier molecular flexibility index (Phi) is 4.54. The van der Waals surface area contributed by atoms with Crippen LogP contribution in [0.15, 0.2) is 0 Å². The van der Waals surface area contributed by atoms with Crippen molar-refractivity contribution in [3.63, 3.8) is 0 Å². The SMILES string of the molecule is CC(C)C(O)CNC(=O)[C@@H]1CNC[C@H]1C. The van der Waals surface area contributed by atoms with Crippen LogP contribution in [0.4, 0.5) is 0 Å². The summed E-state index contributed by atoms with van der Waals surface area (Å²) in [4.78, 5) is 11.7. The van der Waals surface area contributed by atoms with Gasteiger partial charge in [0.1, 0.15) is 0 Å². The summed E-state index contributed by atoms with van der Waals surface area (Å²) in [6.07, 6.45) is -0.446. The Balaban J connectivity index is 2.29. The van der Waals surface area contributed by atoms with Crippen LogP contribution in [0.2, 0.25) is 0 Å². The lowest BCUT2D eigenvalue weighted by molar-refractivity contribution is -0.126. The summed E-state index contributed by atoms with van der Waals surface area (Å²) in [6.45, 7) is 7.98. The summed E-state index contributed by atoms with van der Waals surface area (Å²) in [6, 6.07) is 0. The minimum absolute atomic E-state index is 0.0596. The van der Waals surface area contributed by atoms with Crippen LogP contribution in [0, 0.1) is 17.8 Å². The first-order chi connectivity index (χ1) is 7.02. The highest BCUT2D eigenvalue weighted by Crippen LogP contribution is 2.15. The van der Waals surface area contributed by atoms with E-state index in [-0.39, 0.29) is 17.7 Å². The Morgan fingerprint density at radius 1 is 1.53 bits per heavy atom. The Hall–Kier alpha value is -0.610. The van der Waals surface area contributed by atoms with Crippen LogP contribution >= 0.6 is 0 Å². The molecule has 1 unspecified atom stereocenters. The van der Waals surface area contributed by atoms with Gasteiger partial charge in [0.05, 0.1) is 12.0 Å². The van der Waals surface area contributed by atoms with Crippen molar-refractivity contribution in [3.8, 4) is 0 Å². The molecule has 3 atom stereocenters. The molecule has 15 heavy (non-hydrogen) atoms. The lowest BCUT2D eigenvalue weighted by Gasteiger charge is -2.18. The van der Waals surface area contributed by atoms with E-state index in [4.69, 9.17) is 0 Å².